The van der Waals surface area contributed by atoms with Gasteiger partial charge in [0.25, 0.3) is 0 Å². The van der Waals surface area contributed by atoms with Crippen LogP contribution in [0.25, 0.3) is 0 Å². The van der Waals surface area contributed by atoms with E-state index in [4.69, 9.17) is 0 Å². The second-order valence-corrected chi connectivity index (χ2v) is 3.22. The molecule has 1 rings (SSSR count). The van der Waals surface area contributed by atoms with Gasteiger partial charge in [-0.05, 0) is 41.0 Å². The van der Waals surface area contributed by atoms with Crippen LogP contribution in [0.4, 0.5) is 0 Å². The smallest absolute Gasteiger partial charge is 0.113 e. The average Bonchev–Trinajstić information content (AvgIpc) is 2.70. The zero-order chi connectivity index (χ0) is 10.9. The van der Waals surface area contributed by atoms with Crippen LogP contribution < -0.4 is 5.26 Å². The number of likely N-dealkylation sites (tertiary alicyclic amines) is 1. The van der Waals surface area contributed by atoms with Crippen LogP contribution >= 0.6 is 0 Å². The molecule has 0 saturated carbocycles. The minimum Gasteiger partial charge on any atom is -0.689 e. The Hall–Kier alpha value is -0.320. The summed E-state index contributed by atoms with van der Waals surface area (Å²) in [5.41, 5.74) is 0. The van der Waals surface area contributed by atoms with Gasteiger partial charge in [-0.3, -0.25) is 5.04 Å². The van der Waals surface area contributed by atoms with Crippen LogP contribution in [-0.2, 0) is 25.0 Å². The highest BCUT2D eigenvalue weighted by atomic mass is 17.8. The molecule has 0 amide bonds. The highest BCUT2D eigenvalue weighted by Crippen LogP contribution is 2.07. The Morgan fingerprint density at radius 2 is 1.93 bits per heavy atom. The van der Waals surface area contributed by atoms with Crippen LogP contribution in [-0.4, -0.2) is 42.4 Å². The van der Waals surface area contributed by atoms with E-state index in [9.17, 15) is 10.4 Å². The molecular formula is C7H14NO7-. The van der Waals surface area contributed by atoms with Crippen LogP contribution in [0.5, 0.6) is 0 Å². The molecule has 8 heteroatoms. The summed E-state index contributed by atoms with van der Waals surface area (Å²) in [4.78, 5) is 6.48. The summed E-state index contributed by atoms with van der Waals surface area (Å²) >= 11 is 0. The summed E-state index contributed by atoms with van der Waals surface area (Å²) in [5.74, 6) is 0. The molecule has 1 saturated heterocycles. The first-order valence-electron chi connectivity index (χ1n) is 4.65. The molecule has 15 heavy (non-hydrogen) atoms. The van der Waals surface area contributed by atoms with E-state index in [2.05, 4.69) is 29.9 Å². The Morgan fingerprint density at radius 1 is 1.20 bits per heavy atom. The summed E-state index contributed by atoms with van der Waals surface area (Å²) in [6.45, 7) is 2.41. The molecule has 0 aromatic carbocycles. The standard InChI is InChI=1S/C7H15NO7/c9-7(5-8-3-1-2-4-8)6-11-13-15-14-12-10/h7,9-10H,1-6H2/p-1. The zero-order valence-corrected chi connectivity index (χ0v) is 8.16. The van der Waals surface area contributed by atoms with E-state index in [-0.39, 0.29) is 6.61 Å². The molecule has 90 valence electrons. The molecule has 1 fully saturated rings. The molecule has 1 N–H and O–H groups in total. The highest BCUT2D eigenvalue weighted by Gasteiger charge is 2.16. The number of aliphatic hydroxyl groups is 1. The molecule has 1 atom stereocenters. The molecule has 1 heterocycles. The fraction of sp³-hybridized carbons (Fsp3) is 1.00. The number of hydrogen-bond acceptors (Lipinski definition) is 8. The first kappa shape index (κ1) is 12.7. The normalized spacial score (nSPS) is 19.6. The maximum atomic E-state index is 9.43. The number of β-amino-alcohol motifs (C(OH)–C–C–N with tert-alkyl or cyclic N) is 1. The van der Waals surface area contributed by atoms with Crippen molar-refractivity contribution in [3.05, 3.63) is 0 Å². The summed E-state index contributed by atoms with van der Waals surface area (Å²) < 4.78 is 0. The van der Waals surface area contributed by atoms with Crippen LogP contribution in [0.1, 0.15) is 12.8 Å². The van der Waals surface area contributed by atoms with Crippen LogP contribution in [0, 0.1) is 0 Å². The van der Waals surface area contributed by atoms with Gasteiger partial charge in [-0.2, -0.15) is 0 Å². The molecule has 1 aliphatic rings. The van der Waals surface area contributed by atoms with Gasteiger partial charge in [-0.25, -0.2) is 4.89 Å². The summed E-state index contributed by atoms with van der Waals surface area (Å²) in [5, 5.41) is 32.3. The third kappa shape index (κ3) is 5.97. The van der Waals surface area contributed by atoms with E-state index >= 15 is 0 Å². The van der Waals surface area contributed by atoms with Gasteiger partial charge in [-0.1, -0.05) is 0 Å². The minimum absolute atomic E-state index is 0.0846. The molecule has 0 aromatic rings. The quantitative estimate of drug-likeness (QED) is 0.301. The lowest BCUT2D eigenvalue weighted by molar-refractivity contribution is -0.889. The summed E-state index contributed by atoms with van der Waals surface area (Å²) in [7, 11) is 0. The fourth-order valence-corrected chi connectivity index (χ4v) is 1.46. The van der Waals surface area contributed by atoms with Crippen LogP contribution in [0.2, 0.25) is 0 Å². The number of nitrogens with zero attached hydrogens (tertiary/aromatic N) is 1. The number of aliphatic hydroxyl groups excluding tert-OH is 1. The minimum atomic E-state index is -0.681. The lowest BCUT2D eigenvalue weighted by atomic mass is 10.3. The Kier molecular flexibility index (Phi) is 6.72. The Labute approximate surface area is 86.5 Å². The largest absolute Gasteiger partial charge is 0.689 e. The fourth-order valence-electron chi connectivity index (χ4n) is 1.46. The van der Waals surface area contributed by atoms with Crippen molar-refractivity contribution in [2.75, 3.05) is 26.2 Å². The van der Waals surface area contributed by atoms with E-state index in [1.165, 1.54) is 0 Å². The predicted octanol–water partition coefficient (Wildman–Crippen LogP) is -1.54. The zero-order valence-electron chi connectivity index (χ0n) is 8.16. The second-order valence-electron chi connectivity index (χ2n) is 3.22. The van der Waals surface area contributed by atoms with Crippen molar-refractivity contribution < 1.29 is 35.4 Å². The average molecular weight is 224 g/mol. The van der Waals surface area contributed by atoms with Gasteiger partial charge < -0.3 is 15.3 Å². The van der Waals surface area contributed by atoms with Crippen molar-refractivity contribution in [3.63, 3.8) is 0 Å². The van der Waals surface area contributed by atoms with E-state index in [1.54, 1.807) is 0 Å². The monoisotopic (exact) mass is 224 g/mol. The van der Waals surface area contributed by atoms with Crippen LogP contribution in [0.15, 0.2) is 0 Å². The third-order valence-corrected chi connectivity index (χ3v) is 2.06. The van der Waals surface area contributed by atoms with Crippen molar-refractivity contribution >= 4 is 0 Å². The number of hydrogen-bond donors (Lipinski definition) is 1. The van der Waals surface area contributed by atoms with E-state index in [0.29, 0.717) is 6.54 Å². The van der Waals surface area contributed by atoms with Crippen molar-refractivity contribution in [1.82, 2.24) is 4.90 Å². The van der Waals surface area contributed by atoms with Crippen LogP contribution in [0.3, 0.4) is 0 Å². The summed E-state index contributed by atoms with van der Waals surface area (Å²) in [6, 6.07) is 0. The maximum absolute atomic E-state index is 9.43. The van der Waals surface area contributed by atoms with Gasteiger partial charge in [0.2, 0.25) is 0 Å². The van der Waals surface area contributed by atoms with Gasteiger partial charge in [0, 0.05) is 6.54 Å². The Bertz CT molecular complexity index is 152. The van der Waals surface area contributed by atoms with Gasteiger partial charge in [0.05, 0.1) is 6.10 Å². The first-order chi connectivity index (χ1) is 7.33. The van der Waals surface area contributed by atoms with E-state index < -0.39 is 6.10 Å². The maximum Gasteiger partial charge on any atom is 0.113 e. The SMILES string of the molecule is [O-]OOOOOCC(O)CN1CCCC1. The van der Waals surface area contributed by atoms with E-state index in [0.717, 1.165) is 25.9 Å². The molecule has 8 nitrogen and oxygen atoms in total. The lowest BCUT2D eigenvalue weighted by Crippen LogP contribution is -2.32. The van der Waals surface area contributed by atoms with Gasteiger partial charge >= 0.3 is 0 Å². The number of rotatable bonds is 8. The molecule has 0 aliphatic carbocycles. The third-order valence-electron chi connectivity index (χ3n) is 2.06. The molecule has 0 radical (unpaired) electrons. The molecule has 1 aliphatic heterocycles. The Balaban J connectivity index is 1.91. The van der Waals surface area contributed by atoms with E-state index in [1.807, 2.05) is 0 Å². The first-order valence-corrected chi connectivity index (χ1v) is 4.65. The van der Waals surface area contributed by atoms with Gasteiger partial charge in [-0.15, -0.1) is 0 Å². The predicted molar refractivity (Wildman–Crippen MR) is 42.0 cm³/mol. The molecule has 1 unspecified atom stereocenters. The second kappa shape index (κ2) is 7.91. The van der Waals surface area contributed by atoms with Gasteiger partial charge in [0.1, 0.15) is 6.61 Å². The Morgan fingerprint density at radius 3 is 2.60 bits per heavy atom. The molecule has 0 aromatic heterocycles. The highest BCUT2D eigenvalue weighted by molar-refractivity contribution is 4.69. The molecule has 0 bridgehead atoms. The van der Waals surface area contributed by atoms with Crippen molar-refractivity contribution in [3.8, 4) is 0 Å². The lowest BCUT2D eigenvalue weighted by Gasteiger charge is -2.18. The van der Waals surface area contributed by atoms with Crippen molar-refractivity contribution in [2.45, 2.75) is 18.9 Å². The molecular weight excluding hydrogens is 210 g/mol. The molecule has 0 spiro atoms. The topological polar surface area (TPSA) is 92.7 Å². The van der Waals surface area contributed by atoms with Crippen molar-refractivity contribution in [2.24, 2.45) is 0 Å². The van der Waals surface area contributed by atoms with Crippen molar-refractivity contribution in [1.29, 1.82) is 0 Å². The summed E-state index contributed by atoms with van der Waals surface area (Å²) in [6.07, 6.45) is 1.63. The van der Waals surface area contributed by atoms with Gasteiger partial charge in [0.15, 0.2) is 0 Å².